The molecular formula is C18H18N4O5. The van der Waals surface area contributed by atoms with Crippen LogP contribution in [0.15, 0.2) is 42.6 Å². The number of piperazine rings is 1. The van der Waals surface area contributed by atoms with Gasteiger partial charge in [0.05, 0.1) is 23.2 Å². The molecule has 1 aromatic carbocycles. The normalized spacial score (nSPS) is 14.0. The standard InChI is InChI=1S/C18H18N4O5/c1-27-18(24)14-6-3-2-5-13(14)17(23)21-11-9-20(10-12-21)16-15(22(25)26)7-4-8-19-16/h2-8H,9-12H2,1H3. The Kier molecular flexibility index (Phi) is 5.30. The molecule has 2 aromatic rings. The number of nitrogens with zero attached hydrogens (tertiary/aromatic N) is 4. The Hall–Kier alpha value is -3.49. The zero-order chi connectivity index (χ0) is 19.4. The number of nitro groups is 1. The van der Waals surface area contributed by atoms with Crippen LogP contribution in [-0.4, -0.2) is 60.0 Å². The number of benzene rings is 1. The van der Waals surface area contributed by atoms with E-state index in [9.17, 15) is 19.7 Å². The van der Waals surface area contributed by atoms with Gasteiger partial charge in [-0.05, 0) is 18.2 Å². The number of anilines is 1. The second-order valence-corrected chi connectivity index (χ2v) is 5.92. The van der Waals surface area contributed by atoms with Gasteiger partial charge in [0.2, 0.25) is 5.82 Å². The minimum atomic E-state index is -0.568. The van der Waals surface area contributed by atoms with Gasteiger partial charge in [0.1, 0.15) is 0 Å². The molecule has 27 heavy (non-hydrogen) atoms. The third-order valence-corrected chi connectivity index (χ3v) is 4.39. The van der Waals surface area contributed by atoms with Gasteiger partial charge in [0.15, 0.2) is 0 Å². The third kappa shape index (κ3) is 3.71. The highest BCUT2D eigenvalue weighted by Crippen LogP contribution is 2.26. The van der Waals surface area contributed by atoms with Gasteiger partial charge in [-0.3, -0.25) is 14.9 Å². The van der Waals surface area contributed by atoms with E-state index in [1.54, 1.807) is 34.1 Å². The minimum absolute atomic E-state index is 0.0617. The van der Waals surface area contributed by atoms with E-state index in [1.165, 1.54) is 25.4 Å². The molecule has 140 valence electrons. The van der Waals surface area contributed by atoms with Crippen molar-refractivity contribution in [2.75, 3.05) is 38.2 Å². The lowest BCUT2D eigenvalue weighted by Crippen LogP contribution is -2.49. The summed E-state index contributed by atoms with van der Waals surface area (Å²) in [6.45, 7) is 1.54. The van der Waals surface area contributed by atoms with Gasteiger partial charge >= 0.3 is 11.7 Å². The quantitative estimate of drug-likeness (QED) is 0.458. The van der Waals surface area contributed by atoms with Gasteiger partial charge in [-0.1, -0.05) is 12.1 Å². The molecule has 0 spiro atoms. The van der Waals surface area contributed by atoms with Crippen LogP contribution in [0.3, 0.4) is 0 Å². The minimum Gasteiger partial charge on any atom is -0.465 e. The molecule has 0 bridgehead atoms. The lowest BCUT2D eigenvalue weighted by molar-refractivity contribution is -0.384. The van der Waals surface area contributed by atoms with E-state index in [0.717, 1.165) is 0 Å². The zero-order valence-corrected chi connectivity index (χ0v) is 14.7. The summed E-state index contributed by atoms with van der Waals surface area (Å²) in [6.07, 6.45) is 1.51. The Bertz CT molecular complexity index is 878. The number of aromatic nitrogens is 1. The van der Waals surface area contributed by atoms with Crippen molar-refractivity contribution in [3.63, 3.8) is 0 Å². The molecule has 3 rings (SSSR count). The first-order chi connectivity index (χ1) is 13.0. The highest BCUT2D eigenvalue weighted by Gasteiger charge is 2.28. The Balaban J connectivity index is 1.75. The Morgan fingerprint density at radius 2 is 1.74 bits per heavy atom. The maximum Gasteiger partial charge on any atom is 0.338 e. The molecule has 0 atom stereocenters. The van der Waals surface area contributed by atoms with Crippen molar-refractivity contribution in [1.82, 2.24) is 9.88 Å². The van der Waals surface area contributed by atoms with E-state index >= 15 is 0 Å². The number of rotatable bonds is 4. The largest absolute Gasteiger partial charge is 0.465 e. The van der Waals surface area contributed by atoms with Crippen LogP contribution in [0, 0.1) is 10.1 Å². The van der Waals surface area contributed by atoms with E-state index in [0.29, 0.717) is 32.0 Å². The summed E-state index contributed by atoms with van der Waals surface area (Å²) in [7, 11) is 1.27. The van der Waals surface area contributed by atoms with E-state index in [-0.39, 0.29) is 22.7 Å². The van der Waals surface area contributed by atoms with Crippen molar-refractivity contribution in [3.05, 3.63) is 63.8 Å². The molecule has 0 aliphatic carbocycles. The number of esters is 1. The summed E-state index contributed by atoms with van der Waals surface area (Å²) in [4.78, 5) is 43.0. The first kappa shape index (κ1) is 18.3. The summed E-state index contributed by atoms with van der Waals surface area (Å²) >= 11 is 0. The number of methoxy groups -OCH3 is 1. The van der Waals surface area contributed by atoms with Crippen molar-refractivity contribution in [2.45, 2.75) is 0 Å². The summed E-state index contributed by atoms with van der Waals surface area (Å²) in [5.74, 6) is -0.544. The van der Waals surface area contributed by atoms with Crippen LogP contribution in [0.1, 0.15) is 20.7 Å². The highest BCUT2D eigenvalue weighted by atomic mass is 16.6. The summed E-state index contributed by atoms with van der Waals surface area (Å²) in [5.41, 5.74) is 0.433. The fourth-order valence-corrected chi connectivity index (χ4v) is 3.02. The van der Waals surface area contributed by atoms with Gasteiger partial charge in [0.25, 0.3) is 5.91 Å². The molecule has 1 fully saturated rings. The maximum absolute atomic E-state index is 12.8. The van der Waals surface area contributed by atoms with Crippen LogP contribution >= 0.6 is 0 Å². The van der Waals surface area contributed by atoms with Crippen molar-refractivity contribution in [3.8, 4) is 0 Å². The van der Waals surface area contributed by atoms with E-state index in [2.05, 4.69) is 4.98 Å². The van der Waals surface area contributed by atoms with Gasteiger partial charge in [0, 0.05) is 38.4 Å². The van der Waals surface area contributed by atoms with Crippen LogP contribution in [0.5, 0.6) is 0 Å². The molecule has 0 N–H and O–H groups in total. The molecule has 2 heterocycles. The van der Waals surface area contributed by atoms with Crippen LogP contribution in [0.4, 0.5) is 11.5 Å². The Morgan fingerprint density at radius 3 is 2.37 bits per heavy atom. The summed E-state index contributed by atoms with van der Waals surface area (Å²) in [6, 6.07) is 9.42. The monoisotopic (exact) mass is 370 g/mol. The molecular weight excluding hydrogens is 352 g/mol. The molecule has 1 amide bonds. The molecule has 0 radical (unpaired) electrons. The van der Waals surface area contributed by atoms with E-state index in [1.807, 2.05) is 0 Å². The number of hydrogen-bond donors (Lipinski definition) is 0. The molecule has 9 heteroatoms. The van der Waals surface area contributed by atoms with Gasteiger partial charge in [-0.15, -0.1) is 0 Å². The lowest BCUT2D eigenvalue weighted by atomic mass is 10.1. The number of ether oxygens (including phenoxy) is 1. The first-order valence-electron chi connectivity index (χ1n) is 8.34. The number of pyridine rings is 1. The molecule has 1 aliphatic heterocycles. The predicted molar refractivity (Wildman–Crippen MR) is 96.8 cm³/mol. The number of amides is 1. The summed E-state index contributed by atoms with van der Waals surface area (Å²) in [5, 5.41) is 11.2. The maximum atomic E-state index is 12.8. The fraction of sp³-hybridized carbons (Fsp3) is 0.278. The number of carbonyl (C=O) groups is 2. The molecule has 0 saturated carbocycles. The van der Waals surface area contributed by atoms with Crippen molar-refractivity contribution >= 4 is 23.4 Å². The third-order valence-electron chi connectivity index (χ3n) is 4.39. The predicted octanol–water partition coefficient (Wildman–Crippen LogP) is 1.74. The van der Waals surface area contributed by atoms with E-state index < -0.39 is 10.9 Å². The first-order valence-corrected chi connectivity index (χ1v) is 8.34. The Labute approximate surface area is 155 Å². The van der Waals surface area contributed by atoms with E-state index in [4.69, 9.17) is 4.74 Å². The molecule has 1 saturated heterocycles. The van der Waals surface area contributed by atoms with Crippen molar-refractivity contribution < 1.29 is 19.2 Å². The molecule has 1 aromatic heterocycles. The van der Waals surface area contributed by atoms with Gasteiger partial charge in [-0.25, -0.2) is 9.78 Å². The number of hydrogen-bond acceptors (Lipinski definition) is 7. The van der Waals surface area contributed by atoms with Crippen LogP contribution in [0.2, 0.25) is 0 Å². The second kappa shape index (κ2) is 7.81. The Morgan fingerprint density at radius 1 is 1.07 bits per heavy atom. The second-order valence-electron chi connectivity index (χ2n) is 5.92. The lowest BCUT2D eigenvalue weighted by Gasteiger charge is -2.35. The highest BCUT2D eigenvalue weighted by molar-refractivity contribution is 6.05. The molecule has 9 nitrogen and oxygen atoms in total. The zero-order valence-electron chi connectivity index (χ0n) is 14.7. The fourth-order valence-electron chi connectivity index (χ4n) is 3.02. The van der Waals surface area contributed by atoms with Gasteiger partial charge < -0.3 is 14.5 Å². The SMILES string of the molecule is COC(=O)c1ccccc1C(=O)N1CCN(c2ncccc2[N+](=O)[O-])CC1. The molecule has 1 aliphatic rings. The average molecular weight is 370 g/mol. The van der Waals surface area contributed by atoms with Gasteiger partial charge in [-0.2, -0.15) is 0 Å². The van der Waals surface area contributed by atoms with Crippen molar-refractivity contribution in [1.29, 1.82) is 0 Å². The molecule has 0 unspecified atom stereocenters. The van der Waals surface area contributed by atoms with Crippen molar-refractivity contribution in [2.24, 2.45) is 0 Å². The average Bonchev–Trinajstić information content (AvgIpc) is 2.72. The number of carbonyl (C=O) groups excluding carboxylic acids is 2. The smallest absolute Gasteiger partial charge is 0.338 e. The van der Waals surface area contributed by atoms with Crippen LogP contribution in [0.25, 0.3) is 0 Å². The van der Waals surface area contributed by atoms with Crippen LogP contribution in [-0.2, 0) is 4.74 Å². The summed E-state index contributed by atoms with van der Waals surface area (Å²) < 4.78 is 4.73. The van der Waals surface area contributed by atoms with Crippen LogP contribution < -0.4 is 4.90 Å². The topological polar surface area (TPSA) is 106 Å².